The summed E-state index contributed by atoms with van der Waals surface area (Å²) in [6.45, 7) is 4.89. The number of hydrogen-bond acceptors (Lipinski definition) is 4. The first-order chi connectivity index (χ1) is 13.4. The van der Waals surface area contributed by atoms with Crippen LogP contribution in [-0.2, 0) is 16.4 Å². The van der Waals surface area contributed by atoms with Crippen LogP contribution >= 0.6 is 0 Å². The summed E-state index contributed by atoms with van der Waals surface area (Å²) >= 11 is 0. The molecule has 2 aromatic carbocycles. The molecule has 1 fully saturated rings. The number of carbonyl (C=O) groups excluding carboxylic acids is 1. The Morgan fingerprint density at radius 3 is 2.46 bits per heavy atom. The molecule has 1 N–H and O–H groups in total. The van der Waals surface area contributed by atoms with Crippen LogP contribution in [0.15, 0.2) is 53.4 Å². The van der Waals surface area contributed by atoms with E-state index in [1.54, 1.807) is 18.2 Å². The van der Waals surface area contributed by atoms with Gasteiger partial charge in [-0.05, 0) is 49.7 Å². The normalized spacial score (nSPS) is 16.1. The van der Waals surface area contributed by atoms with Crippen LogP contribution < -0.4 is 5.32 Å². The van der Waals surface area contributed by atoms with Crippen molar-refractivity contribution in [1.29, 1.82) is 0 Å². The standard InChI is InChI=1S/C21H27N3O3S/c1-17-6-3-4-7-18(17)10-11-22-21(25)19-8-5-9-20(16-19)28(26,27)24-14-12-23(2)13-15-24/h3-9,16H,10-15H2,1-2H3,(H,22,25). The third-order valence-electron chi connectivity index (χ3n) is 5.14. The van der Waals surface area contributed by atoms with Crippen LogP contribution in [0, 0.1) is 6.92 Å². The molecule has 1 aliphatic rings. The summed E-state index contributed by atoms with van der Waals surface area (Å²) in [4.78, 5) is 14.8. The highest BCUT2D eigenvalue weighted by Crippen LogP contribution is 2.18. The van der Waals surface area contributed by atoms with Crippen molar-refractivity contribution in [2.24, 2.45) is 0 Å². The van der Waals surface area contributed by atoms with Gasteiger partial charge >= 0.3 is 0 Å². The summed E-state index contributed by atoms with van der Waals surface area (Å²) in [7, 11) is -1.61. The van der Waals surface area contributed by atoms with Gasteiger partial charge < -0.3 is 10.2 Å². The zero-order valence-electron chi connectivity index (χ0n) is 16.4. The second-order valence-corrected chi connectivity index (χ2v) is 9.11. The summed E-state index contributed by atoms with van der Waals surface area (Å²) in [6.07, 6.45) is 0.734. The van der Waals surface area contributed by atoms with E-state index in [1.165, 1.54) is 21.5 Å². The van der Waals surface area contributed by atoms with Crippen LogP contribution in [0.5, 0.6) is 0 Å². The second kappa shape index (κ2) is 8.86. The van der Waals surface area contributed by atoms with E-state index in [0.29, 0.717) is 38.3 Å². The fourth-order valence-corrected chi connectivity index (χ4v) is 4.75. The lowest BCUT2D eigenvalue weighted by atomic mass is 10.1. The van der Waals surface area contributed by atoms with E-state index in [4.69, 9.17) is 0 Å². The average molecular weight is 402 g/mol. The number of rotatable bonds is 6. The molecule has 1 heterocycles. The van der Waals surface area contributed by atoms with Gasteiger partial charge in [-0.3, -0.25) is 4.79 Å². The highest BCUT2D eigenvalue weighted by molar-refractivity contribution is 7.89. The molecule has 0 radical (unpaired) electrons. The van der Waals surface area contributed by atoms with Gasteiger partial charge in [-0.25, -0.2) is 8.42 Å². The molecule has 3 rings (SSSR count). The van der Waals surface area contributed by atoms with Crippen molar-refractivity contribution in [3.63, 3.8) is 0 Å². The Hall–Kier alpha value is -2.22. The van der Waals surface area contributed by atoms with E-state index in [-0.39, 0.29) is 10.8 Å². The Balaban J connectivity index is 1.65. The minimum Gasteiger partial charge on any atom is -0.352 e. The van der Waals surface area contributed by atoms with E-state index >= 15 is 0 Å². The third kappa shape index (κ3) is 4.79. The number of hydrogen-bond donors (Lipinski definition) is 1. The van der Waals surface area contributed by atoms with Crippen LogP contribution in [0.4, 0.5) is 0 Å². The van der Waals surface area contributed by atoms with Crippen LogP contribution in [0.1, 0.15) is 21.5 Å². The first-order valence-corrected chi connectivity index (χ1v) is 10.9. The molecule has 6 nitrogen and oxygen atoms in total. The second-order valence-electron chi connectivity index (χ2n) is 7.17. The van der Waals surface area contributed by atoms with Gasteiger partial charge in [-0.1, -0.05) is 30.3 Å². The number of benzene rings is 2. The number of carbonyl (C=O) groups is 1. The Kier molecular flexibility index (Phi) is 6.49. The average Bonchev–Trinajstić information content (AvgIpc) is 2.70. The van der Waals surface area contributed by atoms with Crippen molar-refractivity contribution in [3.8, 4) is 0 Å². The van der Waals surface area contributed by atoms with Gasteiger partial charge in [0.1, 0.15) is 0 Å². The molecular weight excluding hydrogens is 374 g/mol. The van der Waals surface area contributed by atoms with Gasteiger partial charge in [0.05, 0.1) is 4.90 Å². The number of sulfonamides is 1. The first kappa shape index (κ1) is 20.5. The smallest absolute Gasteiger partial charge is 0.251 e. The highest BCUT2D eigenvalue weighted by Gasteiger charge is 2.27. The fraction of sp³-hybridized carbons (Fsp3) is 0.381. The Morgan fingerprint density at radius 1 is 1.04 bits per heavy atom. The summed E-state index contributed by atoms with van der Waals surface area (Å²) in [5.41, 5.74) is 2.74. The maximum atomic E-state index is 12.9. The zero-order chi connectivity index (χ0) is 20.1. The van der Waals surface area contributed by atoms with Crippen molar-refractivity contribution < 1.29 is 13.2 Å². The molecule has 1 amide bonds. The molecule has 2 aromatic rings. The molecule has 0 unspecified atom stereocenters. The maximum absolute atomic E-state index is 12.9. The number of nitrogens with zero attached hydrogens (tertiary/aromatic N) is 2. The molecule has 0 aliphatic carbocycles. The van der Waals surface area contributed by atoms with Crippen molar-refractivity contribution in [1.82, 2.24) is 14.5 Å². The first-order valence-electron chi connectivity index (χ1n) is 9.49. The van der Waals surface area contributed by atoms with Gasteiger partial charge in [0.15, 0.2) is 0 Å². The lowest BCUT2D eigenvalue weighted by Gasteiger charge is -2.31. The largest absolute Gasteiger partial charge is 0.352 e. The number of nitrogens with one attached hydrogen (secondary N) is 1. The van der Waals surface area contributed by atoms with Crippen molar-refractivity contribution in [2.75, 3.05) is 39.8 Å². The lowest BCUT2D eigenvalue weighted by Crippen LogP contribution is -2.47. The van der Waals surface area contributed by atoms with Gasteiger partial charge in [0.2, 0.25) is 10.0 Å². The molecule has 0 bridgehead atoms. The molecule has 1 aliphatic heterocycles. The monoisotopic (exact) mass is 401 g/mol. The summed E-state index contributed by atoms with van der Waals surface area (Å²) in [5.74, 6) is -0.260. The molecule has 150 valence electrons. The van der Waals surface area contributed by atoms with Crippen LogP contribution in [0.25, 0.3) is 0 Å². The van der Waals surface area contributed by atoms with Crippen molar-refractivity contribution in [3.05, 3.63) is 65.2 Å². The van der Waals surface area contributed by atoms with Crippen molar-refractivity contribution in [2.45, 2.75) is 18.2 Å². The van der Waals surface area contributed by atoms with Gasteiger partial charge in [-0.2, -0.15) is 4.31 Å². The Bertz CT molecular complexity index is 935. The number of amides is 1. The summed E-state index contributed by atoms with van der Waals surface area (Å²) in [5, 5.41) is 2.88. The summed E-state index contributed by atoms with van der Waals surface area (Å²) in [6, 6.07) is 14.4. The number of aryl methyl sites for hydroxylation is 1. The van der Waals surface area contributed by atoms with E-state index < -0.39 is 10.0 Å². The third-order valence-corrected chi connectivity index (χ3v) is 7.03. The topological polar surface area (TPSA) is 69.7 Å². The number of piperazine rings is 1. The van der Waals surface area contributed by atoms with E-state index in [9.17, 15) is 13.2 Å². The molecular formula is C21H27N3O3S. The minimum absolute atomic E-state index is 0.170. The van der Waals surface area contributed by atoms with Gasteiger partial charge in [-0.15, -0.1) is 0 Å². The molecule has 28 heavy (non-hydrogen) atoms. The molecule has 0 aromatic heterocycles. The lowest BCUT2D eigenvalue weighted by molar-refractivity contribution is 0.0954. The molecule has 7 heteroatoms. The van der Waals surface area contributed by atoms with E-state index in [0.717, 1.165) is 6.42 Å². The van der Waals surface area contributed by atoms with Crippen LogP contribution in [0.2, 0.25) is 0 Å². The molecule has 0 atom stereocenters. The molecule has 0 saturated carbocycles. The van der Waals surface area contributed by atoms with Crippen molar-refractivity contribution >= 4 is 15.9 Å². The zero-order valence-corrected chi connectivity index (χ0v) is 17.2. The highest BCUT2D eigenvalue weighted by atomic mass is 32.2. The fourth-order valence-electron chi connectivity index (χ4n) is 3.28. The number of likely N-dealkylation sites (N-methyl/N-ethyl adjacent to an activating group) is 1. The van der Waals surface area contributed by atoms with Crippen LogP contribution in [0.3, 0.4) is 0 Å². The van der Waals surface area contributed by atoms with Crippen LogP contribution in [-0.4, -0.2) is 63.3 Å². The Morgan fingerprint density at radius 2 is 1.75 bits per heavy atom. The summed E-state index contributed by atoms with van der Waals surface area (Å²) < 4.78 is 27.3. The quantitative estimate of drug-likeness (QED) is 0.803. The molecule has 0 spiro atoms. The van der Waals surface area contributed by atoms with E-state index in [1.807, 2.05) is 38.2 Å². The molecule has 1 saturated heterocycles. The van der Waals surface area contributed by atoms with E-state index in [2.05, 4.69) is 10.2 Å². The predicted octanol–water partition coefficient (Wildman–Crippen LogP) is 1.90. The van der Waals surface area contributed by atoms with Gasteiger partial charge in [0, 0.05) is 38.3 Å². The minimum atomic E-state index is -3.58. The SMILES string of the molecule is Cc1ccccc1CCNC(=O)c1cccc(S(=O)(=O)N2CCN(C)CC2)c1. The predicted molar refractivity (Wildman–Crippen MR) is 110 cm³/mol. The van der Waals surface area contributed by atoms with Gasteiger partial charge in [0.25, 0.3) is 5.91 Å². The Labute approximate surface area is 167 Å². The maximum Gasteiger partial charge on any atom is 0.251 e.